The Morgan fingerprint density at radius 3 is 2.33 bits per heavy atom. The number of aliphatic hydroxyl groups excluding tert-OH is 1. The van der Waals surface area contributed by atoms with Crippen molar-refractivity contribution in [3.63, 3.8) is 0 Å². The molecule has 12 heavy (non-hydrogen) atoms. The van der Waals surface area contributed by atoms with E-state index in [0.29, 0.717) is 0 Å². The first-order valence-electron chi connectivity index (χ1n) is 5.10. The summed E-state index contributed by atoms with van der Waals surface area (Å²) in [6, 6.07) is 0.228. The second-order valence-corrected chi connectivity index (χ2v) is 3.54. The standard InChI is InChI=1S/C10H23NO/c1-4-5-6-7-8-11-9(2)10(3)12/h9-12H,4-8H2,1-3H3. The minimum atomic E-state index is -0.240. The summed E-state index contributed by atoms with van der Waals surface area (Å²) in [5, 5.41) is 12.5. The van der Waals surface area contributed by atoms with Crippen molar-refractivity contribution in [1.29, 1.82) is 0 Å². The third-order valence-corrected chi connectivity index (χ3v) is 2.22. The minimum Gasteiger partial charge on any atom is -0.392 e. The first kappa shape index (κ1) is 11.9. The molecule has 0 aromatic rings. The summed E-state index contributed by atoms with van der Waals surface area (Å²) in [5.41, 5.74) is 0. The zero-order valence-electron chi connectivity index (χ0n) is 8.64. The molecule has 0 fully saturated rings. The van der Waals surface area contributed by atoms with Gasteiger partial charge in [0.2, 0.25) is 0 Å². The Hall–Kier alpha value is -0.0800. The molecule has 0 saturated carbocycles. The summed E-state index contributed by atoms with van der Waals surface area (Å²) < 4.78 is 0. The molecule has 0 aliphatic rings. The molecule has 74 valence electrons. The maximum atomic E-state index is 9.16. The lowest BCUT2D eigenvalue weighted by molar-refractivity contribution is 0.152. The lowest BCUT2D eigenvalue weighted by Gasteiger charge is -2.16. The van der Waals surface area contributed by atoms with E-state index in [2.05, 4.69) is 12.2 Å². The van der Waals surface area contributed by atoms with Crippen molar-refractivity contribution in [2.45, 2.75) is 58.6 Å². The molecule has 0 aromatic carbocycles. The van der Waals surface area contributed by atoms with Gasteiger partial charge in [0.05, 0.1) is 6.10 Å². The van der Waals surface area contributed by atoms with Crippen LogP contribution in [0.3, 0.4) is 0 Å². The van der Waals surface area contributed by atoms with Crippen molar-refractivity contribution < 1.29 is 5.11 Å². The lowest BCUT2D eigenvalue weighted by Crippen LogP contribution is -2.35. The molecule has 0 amide bonds. The van der Waals surface area contributed by atoms with Crippen LogP contribution in [0.15, 0.2) is 0 Å². The van der Waals surface area contributed by atoms with Crippen molar-refractivity contribution in [3.05, 3.63) is 0 Å². The lowest BCUT2D eigenvalue weighted by atomic mass is 10.2. The summed E-state index contributed by atoms with van der Waals surface area (Å²) in [6.07, 6.45) is 4.90. The number of hydrogen-bond donors (Lipinski definition) is 2. The fourth-order valence-electron chi connectivity index (χ4n) is 1.05. The van der Waals surface area contributed by atoms with Gasteiger partial charge in [-0.05, 0) is 26.8 Å². The maximum Gasteiger partial charge on any atom is 0.0662 e. The van der Waals surface area contributed by atoms with Gasteiger partial charge in [0, 0.05) is 6.04 Å². The quantitative estimate of drug-likeness (QED) is 0.577. The van der Waals surface area contributed by atoms with Gasteiger partial charge in [0.15, 0.2) is 0 Å². The monoisotopic (exact) mass is 173 g/mol. The van der Waals surface area contributed by atoms with Crippen molar-refractivity contribution in [2.24, 2.45) is 0 Å². The SMILES string of the molecule is CCCCCCNC(C)C(C)O. The fraction of sp³-hybridized carbons (Fsp3) is 1.00. The zero-order chi connectivity index (χ0) is 9.40. The predicted molar refractivity (Wildman–Crippen MR) is 53.3 cm³/mol. The summed E-state index contributed by atoms with van der Waals surface area (Å²) in [6.45, 7) is 7.09. The highest BCUT2D eigenvalue weighted by Crippen LogP contribution is 1.98. The highest BCUT2D eigenvalue weighted by atomic mass is 16.3. The zero-order valence-corrected chi connectivity index (χ0v) is 8.64. The normalized spacial score (nSPS) is 16.0. The molecular formula is C10H23NO. The molecule has 0 bridgehead atoms. The molecular weight excluding hydrogens is 150 g/mol. The van der Waals surface area contributed by atoms with Crippen LogP contribution in [0.25, 0.3) is 0 Å². The van der Waals surface area contributed by atoms with E-state index in [0.717, 1.165) is 6.54 Å². The molecule has 2 nitrogen and oxygen atoms in total. The van der Waals surface area contributed by atoms with Crippen LogP contribution in [0.5, 0.6) is 0 Å². The van der Waals surface area contributed by atoms with Crippen molar-refractivity contribution in [1.82, 2.24) is 5.32 Å². The number of nitrogens with one attached hydrogen (secondary N) is 1. The third kappa shape index (κ3) is 6.62. The van der Waals surface area contributed by atoms with Crippen LogP contribution in [0, 0.1) is 0 Å². The molecule has 2 heteroatoms. The van der Waals surface area contributed by atoms with E-state index in [1.165, 1.54) is 25.7 Å². The number of rotatable bonds is 7. The molecule has 2 atom stereocenters. The summed E-state index contributed by atoms with van der Waals surface area (Å²) >= 11 is 0. The van der Waals surface area contributed by atoms with Gasteiger partial charge in [-0.1, -0.05) is 26.2 Å². The highest BCUT2D eigenvalue weighted by molar-refractivity contribution is 4.65. The molecule has 0 spiro atoms. The van der Waals surface area contributed by atoms with Gasteiger partial charge in [-0.25, -0.2) is 0 Å². The van der Waals surface area contributed by atoms with Crippen LogP contribution in [-0.4, -0.2) is 23.8 Å². The summed E-state index contributed by atoms with van der Waals surface area (Å²) in [7, 11) is 0. The van der Waals surface area contributed by atoms with Crippen LogP contribution in [0.1, 0.15) is 46.5 Å². The van der Waals surface area contributed by atoms with E-state index >= 15 is 0 Å². The first-order chi connectivity index (χ1) is 5.68. The topological polar surface area (TPSA) is 32.3 Å². The largest absolute Gasteiger partial charge is 0.392 e. The van der Waals surface area contributed by atoms with Crippen LogP contribution in [-0.2, 0) is 0 Å². The molecule has 0 heterocycles. The van der Waals surface area contributed by atoms with Gasteiger partial charge in [-0.3, -0.25) is 0 Å². The Bertz CT molecular complexity index is 93.8. The summed E-state index contributed by atoms with van der Waals surface area (Å²) in [4.78, 5) is 0. The second-order valence-electron chi connectivity index (χ2n) is 3.54. The maximum absolute atomic E-state index is 9.16. The van der Waals surface area contributed by atoms with Crippen LogP contribution in [0.2, 0.25) is 0 Å². The fourth-order valence-corrected chi connectivity index (χ4v) is 1.05. The average molecular weight is 173 g/mol. The highest BCUT2D eigenvalue weighted by Gasteiger charge is 2.05. The Labute approximate surface area is 76.4 Å². The van der Waals surface area contributed by atoms with Crippen molar-refractivity contribution >= 4 is 0 Å². The molecule has 2 N–H and O–H groups in total. The van der Waals surface area contributed by atoms with E-state index in [4.69, 9.17) is 5.11 Å². The molecule has 0 aliphatic heterocycles. The minimum absolute atomic E-state index is 0.228. The Balaban J connectivity index is 3.08. The van der Waals surface area contributed by atoms with Crippen LogP contribution >= 0.6 is 0 Å². The third-order valence-electron chi connectivity index (χ3n) is 2.22. The Morgan fingerprint density at radius 1 is 1.17 bits per heavy atom. The molecule has 0 aromatic heterocycles. The van der Waals surface area contributed by atoms with Crippen molar-refractivity contribution in [2.75, 3.05) is 6.54 Å². The van der Waals surface area contributed by atoms with Gasteiger partial charge in [0.1, 0.15) is 0 Å². The number of hydrogen-bond acceptors (Lipinski definition) is 2. The van der Waals surface area contributed by atoms with Gasteiger partial charge < -0.3 is 10.4 Å². The van der Waals surface area contributed by atoms with Gasteiger partial charge >= 0.3 is 0 Å². The van der Waals surface area contributed by atoms with Gasteiger partial charge in [-0.15, -0.1) is 0 Å². The average Bonchev–Trinajstić information content (AvgIpc) is 2.03. The van der Waals surface area contributed by atoms with Crippen LogP contribution < -0.4 is 5.32 Å². The van der Waals surface area contributed by atoms with Gasteiger partial charge in [0.25, 0.3) is 0 Å². The number of aliphatic hydroxyl groups is 1. The summed E-state index contributed by atoms with van der Waals surface area (Å²) in [5.74, 6) is 0. The Kier molecular flexibility index (Phi) is 7.51. The first-order valence-corrected chi connectivity index (χ1v) is 5.10. The predicted octanol–water partition coefficient (Wildman–Crippen LogP) is 1.93. The van der Waals surface area contributed by atoms with Gasteiger partial charge in [-0.2, -0.15) is 0 Å². The van der Waals surface area contributed by atoms with E-state index < -0.39 is 0 Å². The van der Waals surface area contributed by atoms with E-state index in [9.17, 15) is 0 Å². The van der Waals surface area contributed by atoms with E-state index in [1.54, 1.807) is 0 Å². The van der Waals surface area contributed by atoms with E-state index in [-0.39, 0.29) is 12.1 Å². The molecule has 0 radical (unpaired) electrons. The van der Waals surface area contributed by atoms with Crippen molar-refractivity contribution in [3.8, 4) is 0 Å². The molecule has 0 aliphatic carbocycles. The second kappa shape index (κ2) is 7.56. The number of unbranched alkanes of at least 4 members (excludes halogenated alkanes) is 3. The molecule has 0 rings (SSSR count). The molecule has 2 unspecified atom stereocenters. The van der Waals surface area contributed by atoms with E-state index in [1.807, 2.05) is 13.8 Å². The van der Waals surface area contributed by atoms with Crippen LogP contribution in [0.4, 0.5) is 0 Å². The smallest absolute Gasteiger partial charge is 0.0662 e. The molecule has 0 saturated heterocycles. The Morgan fingerprint density at radius 2 is 1.83 bits per heavy atom.